The number of halogens is 1. The van der Waals surface area contributed by atoms with Crippen molar-refractivity contribution in [3.63, 3.8) is 0 Å². The number of likely N-dealkylation sites (tertiary alicyclic amines) is 1. The van der Waals surface area contributed by atoms with Gasteiger partial charge in [0.15, 0.2) is 0 Å². The minimum absolute atomic E-state index is 0.228. The number of hydrogen-bond acceptors (Lipinski definition) is 3. The molecule has 2 rings (SSSR count). The molecule has 0 radical (unpaired) electrons. The smallest absolute Gasteiger partial charge is 0.410 e. The highest BCUT2D eigenvalue weighted by Gasteiger charge is 2.26. The summed E-state index contributed by atoms with van der Waals surface area (Å²) in [6, 6.07) is 6.69. The quantitative estimate of drug-likeness (QED) is 0.921. The number of piperidine rings is 1. The van der Waals surface area contributed by atoms with E-state index in [1.54, 1.807) is 17.0 Å². The molecule has 1 N–H and O–H groups in total. The topological polar surface area (TPSA) is 41.6 Å². The number of nitrogens with one attached hydrogen (secondary N) is 1. The Morgan fingerprint density at radius 1 is 1.32 bits per heavy atom. The van der Waals surface area contributed by atoms with Crippen LogP contribution in [0.15, 0.2) is 24.3 Å². The lowest BCUT2D eigenvalue weighted by Gasteiger charge is -2.33. The van der Waals surface area contributed by atoms with Gasteiger partial charge in [-0.05, 0) is 51.7 Å². The second kappa shape index (κ2) is 6.99. The van der Waals surface area contributed by atoms with Gasteiger partial charge in [-0.15, -0.1) is 0 Å². The van der Waals surface area contributed by atoms with Crippen molar-refractivity contribution in [1.82, 2.24) is 4.90 Å². The Balaban J connectivity index is 1.76. The van der Waals surface area contributed by atoms with Gasteiger partial charge in [-0.2, -0.15) is 0 Å². The van der Waals surface area contributed by atoms with Crippen LogP contribution < -0.4 is 5.32 Å². The number of hydrogen-bond donors (Lipinski definition) is 1. The molecule has 22 heavy (non-hydrogen) atoms. The molecule has 1 aromatic rings. The van der Waals surface area contributed by atoms with Crippen LogP contribution in [0.3, 0.4) is 0 Å². The molecule has 1 fully saturated rings. The molecule has 0 bridgehead atoms. The fourth-order valence-corrected chi connectivity index (χ4v) is 2.51. The van der Waals surface area contributed by atoms with Crippen LogP contribution in [0.5, 0.6) is 0 Å². The molecule has 0 atom stereocenters. The van der Waals surface area contributed by atoms with Gasteiger partial charge in [0, 0.05) is 19.6 Å². The molecule has 5 heteroatoms. The molecule has 1 aliphatic heterocycles. The zero-order valence-electron chi connectivity index (χ0n) is 13.6. The highest BCUT2D eigenvalue weighted by molar-refractivity contribution is 5.68. The molecule has 0 saturated carbocycles. The van der Waals surface area contributed by atoms with Crippen molar-refractivity contribution >= 4 is 11.8 Å². The van der Waals surface area contributed by atoms with Crippen LogP contribution in [0, 0.1) is 11.7 Å². The predicted octanol–water partition coefficient (Wildman–Crippen LogP) is 3.88. The summed E-state index contributed by atoms with van der Waals surface area (Å²) in [5.41, 5.74) is 0.0809. The number of carbonyl (C=O) groups excluding carboxylic acids is 1. The molecule has 0 aliphatic carbocycles. The summed E-state index contributed by atoms with van der Waals surface area (Å²) in [5, 5.41) is 3.16. The Hall–Kier alpha value is -1.78. The first-order chi connectivity index (χ1) is 10.3. The predicted molar refractivity (Wildman–Crippen MR) is 85.4 cm³/mol. The van der Waals surface area contributed by atoms with Crippen LogP contribution in [-0.4, -0.2) is 36.2 Å². The molecule has 122 valence electrons. The first-order valence-electron chi connectivity index (χ1n) is 7.81. The van der Waals surface area contributed by atoms with Crippen molar-refractivity contribution in [1.29, 1.82) is 0 Å². The third kappa shape index (κ3) is 4.90. The van der Waals surface area contributed by atoms with E-state index in [0.29, 0.717) is 24.7 Å². The van der Waals surface area contributed by atoms with Crippen molar-refractivity contribution in [2.24, 2.45) is 5.92 Å². The van der Waals surface area contributed by atoms with Crippen LogP contribution in [0.4, 0.5) is 14.9 Å². The maximum atomic E-state index is 13.5. The maximum absolute atomic E-state index is 13.5. The average Bonchev–Trinajstić information content (AvgIpc) is 2.45. The monoisotopic (exact) mass is 308 g/mol. The van der Waals surface area contributed by atoms with E-state index < -0.39 is 5.60 Å². The van der Waals surface area contributed by atoms with E-state index in [1.165, 1.54) is 6.07 Å². The van der Waals surface area contributed by atoms with Gasteiger partial charge in [-0.25, -0.2) is 9.18 Å². The van der Waals surface area contributed by atoms with Gasteiger partial charge in [-0.3, -0.25) is 0 Å². The van der Waals surface area contributed by atoms with E-state index >= 15 is 0 Å². The molecule has 0 unspecified atom stereocenters. The lowest BCUT2D eigenvalue weighted by Crippen LogP contribution is -2.42. The number of rotatable bonds is 3. The van der Waals surface area contributed by atoms with Crippen LogP contribution in [0.1, 0.15) is 33.6 Å². The van der Waals surface area contributed by atoms with Crippen molar-refractivity contribution in [3.05, 3.63) is 30.1 Å². The van der Waals surface area contributed by atoms with Gasteiger partial charge in [0.05, 0.1) is 5.69 Å². The lowest BCUT2D eigenvalue weighted by atomic mass is 9.97. The Bertz CT molecular complexity index is 506. The maximum Gasteiger partial charge on any atom is 0.410 e. The van der Waals surface area contributed by atoms with E-state index in [4.69, 9.17) is 4.74 Å². The van der Waals surface area contributed by atoms with Gasteiger partial charge in [0.1, 0.15) is 11.4 Å². The van der Waals surface area contributed by atoms with Crippen LogP contribution in [0.2, 0.25) is 0 Å². The Kier molecular flexibility index (Phi) is 5.27. The molecule has 1 heterocycles. The lowest BCUT2D eigenvalue weighted by molar-refractivity contribution is 0.0188. The van der Waals surface area contributed by atoms with Crippen LogP contribution >= 0.6 is 0 Å². The Morgan fingerprint density at radius 2 is 1.95 bits per heavy atom. The fourth-order valence-electron chi connectivity index (χ4n) is 2.51. The fraction of sp³-hybridized carbons (Fsp3) is 0.588. The van der Waals surface area contributed by atoms with Gasteiger partial charge in [-0.1, -0.05) is 12.1 Å². The second-order valence-electron chi connectivity index (χ2n) is 6.77. The number of amides is 1. The van der Waals surface area contributed by atoms with E-state index in [2.05, 4.69) is 5.32 Å². The highest BCUT2D eigenvalue weighted by atomic mass is 19.1. The van der Waals surface area contributed by atoms with Crippen molar-refractivity contribution in [2.75, 3.05) is 25.0 Å². The van der Waals surface area contributed by atoms with Gasteiger partial charge in [0.25, 0.3) is 0 Å². The molecule has 0 spiro atoms. The number of anilines is 1. The van der Waals surface area contributed by atoms with Gasteiger partial charge < -0.3 is 15.0 Å². The molecular formula is C17H25FN2O2. The number of ether oxygens (including phenoxy) is 1. The first kappa shape index (κ1) is 16.6. The highest BCUT2D eigenvalue weighted by Crippen LogP contribution is 2.21. The van der Waals surface area contributed by atoms with E-state index in [9.17, 15) is 9.18 Å². The summed E-state index contributed by atoms with van der Waals surface area (Å²) in [6.07, 6.45) is 1.56. The summed E-state index contributed by atoms with van der Waals surface area (Å²) in [7, 11) is 0. The Labute approximate surface area is 131 Å². The van der Waals surface area contributed by atoms with Crippen molar-refractivity contribution in [2.45, 2.75) is 39.2 Å². The SMILES string of the molecule is CC(C)(C)OC(=O)N1CCC(CNc2ccccc2F)CC1. The molecule has 0 aromatic heterocycles. The minimum Gasteiger partial charge on any atom is -0.444 e. The van der Waals surface area contributed by atoms with Crippen molar-refractivity contribution < 1.29 is 13.9 Å². The summed E-state index contributed by atoms with van der Waals surface area (Å²) < 4.78 is 18.9. The zero-order valence-corrected chi connectivity index (χ0v) is 13.6. The molecule has 1 aliphatic rings. The van der Waals surface area contributed by atoms with Crippen LogP contribution in [0.25, 0.3) is 0 Å². The average molecular weight is 308 g/mol. The number of nitrogens with zero attached hydrogens (tertiary/aromatic N) is 1. The van der Waals surface area contributed by atoms with Gasteiger partial charge >= 0.3 is 6.09 Å². The number of para-hydroxylation sites is 1. The largest absolute Gasteiger partial charge is 0.444 e. The third-order valence-corrected chi connectivity index (χ3v) is 3.72. The zero-order chi connectivity index (χ0) is 16.2. The van der Waals surface area contributed by atoms with E-state index in [-0.39, 0.29) is 11.9 Å². The van der Waals surface area contributed by atoms with Crippen LogP contribution in [-0.2, 0) is 4.74 Å². The summed E-state index contributed by atoms with van der Waals surface area (Å²) >= 11 is 0. The third-order valence-electron chi connectivity index (χ3n) is 3.72. The molecule has 1 aromatic carbocycles. The van der Waals surface area contributed by atoms with E-state index in [0.717, 1.165) is 19.4 Å². The number of carbonyl (C=O) groups is 1. The molecule has 1 saturated heterocycles. The standard InChI is InChI=1S/C17H25FN2O2/c1-17(2,3)22-16(21)20-10-8-13(9-11-20)12-19-15-7-5-4-6-14(15)18/h4-7,13,19H,8-12H2,1-3H3. The summed E-state index contributed by atoms with van der Waals surface area (Å²) in [5.74, 6) is 0.215. The van der Waals surface area contributed by atoms with Crippen molar-refractivity contribution in [3.8, 4) is 0 Å². The first-order valence-corrected chi connectivity index (χ1v) is 7.81. The minimum atomic E-state index is -0.458. The normalized spacial score (nSPS) is 16.5. The Morgan fingerprint density at radius 3 is 2.55 bits per heavy atom. The molecular weight excluding hydrogens is 283 g/mol. The van der Waals surface area contributed by atoms with E-state index in [1.807, 2.05) is 26.8 Å². The number of benzene rings is 1. The molecule has 4 nitrogen and oxygen atoms in total. The molecule has 1 amide bonds. The second-order valence-corrected chi connectivity index (χ2v) is 6.77. The summed E-state index contributed by atoms with van der Waals surface area (Å²) in [6.45, 7) is 7.72. The van der Waals surface area contributed by atoms with Gasteiger partial charge in [0.2, 0.25) is 0 Å². The summed E-state index contributed by atoms with van der Waals surface area (Å²) in [4.78, 5) is 13.7.